The van der Waals surface area contributed by atoms with Gasteiger partial charge < -0.3 is 4.74 Å². The van der Waals surface area contributed by atoms with E-state index in [1.807, 2.05) is 24.3 Å². The van der Waals surface area contributed by atoms with Crippen molar-refractivity contribution in [2.45, 2.75) is 0 Å². The van der Waals surface area contributed by atoms with Crippen LogP contribution in [0.5, 0.6) is 0 Å². The van der Waals surface area contributed by atoms with E-state index in [-0.39, 0.29) is 0 Å². The maximum Gasteiger partial charge on any atom is 0.152 e. The number of hydrogen-bond donors (Lipinski definition) is 0. The average Bonchev–Trinajstić information content (AvgIpc) is 2.38. The second kappa shape index (κ2) is 5.24. The maximum absolute atomic E-state index is 11.0. The Morgan fingerprint density at radius 1 is 1.41 bits per heavy atom. The van der Waals surface area contributed by atoms with Crippen molar-refractivity contribution in [3.05, 3.63) is 41.6 Å². The Morgan fingerprint density at radius 3 is 3.00 bits per heavy atom. The molecule has 0 atom stereocenters. The van der Waals surface area contributed by atoms with Crippen LogP contribution in [-0.2, 0) is 4.74 Å². The van der Waals surface area contributed by atoms with E-state index in [2.05, 4.69) is 16.8 Å². The summed E-state index contributed by atoms with van der Waals surface area (Å²) in [5.74, 6) is 5.64. The topological polar surface area (TPSA) is 39.2 Å². The van der Waals surface area contributed by atoms with Gasteiger partial charge in [-0.1, -0.05) is 24.1 Å². The molecule has 0 aliphatic carbocycles. The Bertz CT molecular complexity index is 608. The maximum atomic E-state index is 11.0. The van der Waals surface area contributed by atoms with Crippen LogP contribution in [0.1, 0.15) is 16.1 Å². The molecular weight excluding hydrogens is 214 g/mol. The van der Waals surface area contributed by atoms with Crippen molar-refractivity contribution in [2.24, 2.45) is 0 Å². The van der Waals surface area contributed by atoms with Crippen LogP contribution in [0.4, 0.5) is 0 Å². The first-order valence-corrected chi connectivity index (χ1v) is 5.18. The van der Waals surface area contributed by atoms with Gasteiger partial charge in [0.15, 0.2) is 6.29 Å². The van der Waals surface area contributed by atoms with Gasteiger partial charge in [0.2, 0.25) is 0 Å². The lowest BCUT2D eigenvalue weighted by atomic mass is 10.1. The number of benzene rings is 1. The normalized spacial score (nSPS) is 9.71. The summed E-state index contributed by atoms with van der Waals surface area (Å²) in [5, 5.41) is 0.937. The van der Waals surface area contributed by atoms with Crippen molar-refractivity contribution in [1.29, 1.82) is 0 Å². The molecule has 1 heterocycles. The lowest BCUT2D eigenvalue weighted by Gasteiger charge is -2.00. The molecule has 84 valence electrons. The molecule has 3 nitrogen and oxygen atoms in total. The number of rotatable bonds is 2. The van der Waals surface area contributed by atoms with Crippen LogP contribution in [0.15, 0.2) is 30.3 Å². The van der Waals surface area contributed by atoms with E-state index in [4.69, 9.17) is 4.74 Å². The van der Waals surface area contributed by atoms with Gasteiger partial charge in [-0.15, -0.1) is 0 Å². The first kappa shape index (κ1) is 11.3. The van der Waals surface area contributed by atoms with Crippen molar-refractivity contribution in [3.8, 4) is 11.8 Å². The molecule has 0 unspecified atom stereocenters. The molecule has 3 heteroatoms. The molecule has 0 aliphatic rings. The van der Waals surface area contributed by atoms with E-state index in [9.17, 15) is 4.79 Å². The van der Waals surface area contributed by atoms with Crippen LogP contribution < -0.4 is 0 Å². The van der Waals surface area contributed by atoms with Gasteiger partial charge in [0, 0.05) is 18.1 Å². The van der Waals surface area contributed by atoms with Gasteiger partial charge in [-0.2, -0.15) is 0 Å². The lowest BCUT2D eigenvalue weighted by Crippen LogP contribution is -1.94. The minimum absolute atomic E-state index is 0.326. The molecule has 1 aromatic carbocycles. The Kier molecular flexibility index (Phi) is 3.49. The third kappa shape index (κ3) is 2.49. The third-order valence-corrected chi connectivity index (χ3v) is 2.30. The minimum Gasteiger partial charge on any atom is -0.372 e. The van der Waals surface area contributed by atoms with E-state index in [1.165, 1.54) is 0 Å². The highest BCUT2D eigenvalue weighted by Gasteiger charge is 2.03. The van der Waals surface area contributed by atoms with Gasteiger partial charge >= 0.3 is 0 Å². The summed E-state index contributed by atoms with van der Waals surface area (Å²) in [7, 11) is 1.57. The number of carbonyl (C=O) groups excluding carboxylic acids is 1. The number of aromatic nitrogens is 1. The zero-order chi connectivity index (χ0) is 12.1. The van der Waals surface area contributed by atoms with Crippen LogP contribution in [0.3, 0.4) is 0 Å². The van der Waals surface area contributed by atoms with E-state index >= 15 is 0 Å². The number of ether oxygens (including phenoxy) is 1. The van der Waals surface area contributed by atoms with Gasteiger partial charge in [0.25, 0.3) is 0 Å². The van der Waals surface area contributed by atoms with E-state index in [0.717, 1.165) is 17.2 Å². The fraction of sp³-hybridized carbons (Fsp3) is 0.143. The molecular formula is C14H11NO2. The summed E-state index contributed by atoms with van der Waals surface area (Å²) in [5.41, 5.74) is 1.84. The lowest BCUT2D eigenvalue weighted by molar-refractivity contribution is 0.112. The van der Waals surface area contributed by atoms with Gasteiger partial charge in [0.1, 0.15) is 12.3 Å². The number of pyridine rings is 1. The molecule has 1 aromatic heterocycles. The predicted octanol–water partition coefficient (Wildman–Crippen LogP) is 2.05. The third-order valence-electron chi connectivity index (χ3n) is 2.30. The quantitative estimate of drug-likeness (QED) is 0.580. The first-order chi connectivity index (χ1) is 8.35. The highest BCUT2D eigenvalue weighted by atomic mass is 16.5. The van der Waals surface area contributed by atoms with Crippen LogP contribution in [0.2, 0.25) is 0 Å². The molecule has 0 saturated heterocycles. The molecule has 2 aromatic rings. The zero-order valence-electron chi connectivity index (χ0n) is 9.43. The van der Waals surface area contributed by atoms with Crippen LogP contribution in [0.25, 0.3) is 10.9 Å². The molecule has 17 heavy (non-hydrogen) atoms. The number of carbonyl (C=O) groups is 1. The number of aldehydes is 1. The molecule has 2 rings (SSSR count). The summed E-state index contributed by atoms with van der Waals surface area (Å²) in [6.07, 6.45) is 0.774. The number of methoxy groups -OCH3 is 1. The standard InChI is InChI=1S/C14H11NO2/c1-17-8-4-7-14-12(10-16)9-11-5-2-3-6-13(11)15-14/h2-3,5-6,9-10H,8H2,1H3. The van der Waals surface area contributed by atoms with Crippen molar-refractivity contribution in [1.82, 2.24) is 4.98 Å². The molecule has 0 saturated carbocycles. The van der Waals surface area contributed by atoms with Gasteiger partial charge in [-0.3, -0.25) is 4.79 Å². The largest absolute Gasteiger partial charge is 0.372 e. The van der Waals surface area contributed by atoms with E-state index in [1.54, 1.807) is 13.2 Å². The average molecular weight is 225 g/mol. The van der Waals surface area contributed by atoms with Gasteiger partial charge in [-0.25, -0.2) is 4.98 Å². The monoisotopic (exact) mass is 225 g/mol. The van der Waals surface area contributed by atoms with Crippen LogP contribution in [0, 0.1) is 11.8 Å². The van der Waals surface area contributed by atoms with Crippen molar-refractivity contribution >= 4 is 17.2 Å². The predicted molar refractivity (Wildman–Crippen MR) is 65.9 cm³/mol. The molecule has 0 N–H and O–H groups in total. The number of para-hydroxylation sites is 1. The Hall–Kier alpha value is -2.18. The fourth-order valence-corrected chi connectivity index (χ4v) is 1.51. The smallest absolute Gasteiger partial charge is 0.152 e. The minimum atomic E-state index is 0.326. The summed E-state index contributed by atoms with van der Waals surface area (Å²) in [6, 6.07) is 9.43. The van der Waals surface area contributed by atoms with Crippen molar-refractivity contribution < 1.29 is 9.53 Å². The molecule has 0 radical (unpaired) electrons. The fourth-order valence-electron chi connectivity index (χ4n) is 1.51. The van der Waals surface area contributed by atoms with E-state index < -0.39 is 0 Å². The second-order valence-electron chi connectivity index (χ2n) is 3.47. The molecule has 0 amide bonds. The van der Waals surface area contributed by atoms with Crippen molar-refractivity contribution in [2.75, 3.05) is 13.7 Å². The Labute approximate surface area is 99.4 Å². The molecule has 0 aliphatic heterocycles. The van der Waals surface area contributed by atoms with Crippen molar-refractivity contribution in [3.63, 3.8) is 0 Å². The highest BCUT2D eigenvalue weighted by molar-refractivity contribution is 5.88. The van der Waals surface area contributed by atoms with Crippen LogP contribution in [-0.4, -0.2) is 25.0 Å². The summed E-state index contributed by atoms with van der Waals surface area (Å²) in [6.45, 7) is 0.326. The highest BCUT2D eigenvalue weighted by Crippen LogP contribution is 2.14. The molecule has 0 fully saturated rings. The second-order valence-corrected chi connectivity index (χ2v) is 3.47. The van der Waals surface area contributed by atoms with Gasteiger partial charge in [-0.05, 0) is 18.1 Å². The zero-order valence-corrected chi connectivity index (χ0v) is 9.43. The van der Waals surface area contributed by atoms with Gasteiger partial charge in [0.05, 0.1) is 5.52 Å². The first-order valence-electron chi connectivity index (χ1n) is 5.18. The number of fused-ring (bicyclic) bond motifs is 1. The summed E-state index contributed by atoms with van der Waals surface area (Å²) < 4.78 is 4.83. The summed E-state index contributed by atoms with van der Waals surface area (Å²) in [4.78, 5) is 15.3. The Morgan fingerprint density at radius 2 is 2.24 bits per heavy atom. The van der Waals surface area contributed by atoms with Crippen LogP contribution >= 0.6 is 0 Å². The molecule has 0 bridgehead atoms. The molecule has 0 spiro atoms. The number of hydrogen-bond acceptors (Lipinski definition) is 3. The Balaban J connectivity index is 2.54. The van der Waals surface area contributed by atoms with E-state index in [0.29, 0.717) is 17.9 Å². The number of nitrogens with zero attached hydrogens (tertiary/aromatic N) is 1. The SMILES string of the molecule is COCC#Cc1nc2ccccc2cc1C=O. The summed E-state index contributed by atoms with van der Waals surface area (Å²) >= 11 is 0.